The van der Waals surface area contributed by atoms with Crippen LogP contribution in [0.5, 0.6) is 0 Å². The zero-order chi connectivity index (χ0) is 13.1. The maximum absolute atomic E-state index is 12.1. The highest BCUT2D eigenvalue weighted by Gasteiger charge is 2.24. The number of benzene rings is 1. The molecular formula is C13H15Br2NO2. The second-order valence-corrected chi connectivity index (χ2v) is 6.23. The van der Waals surface area contributed by atoms with Gasteiger partial charge in [0.15, 0.2) is 0 Å². The monoisotopic (exact) mass is 375 g/mol. The summed E-state index contributed by atoms with van der Waals surface area (Å²) in [4.78, 5) is 12.1. The lowest BCUT2D eigenvalue weighted by molar-refractivity contribution is 0.0906. The number of hydrogen-bond acceptors (Lipinski definition) is 2. The van der Waals surface area contributed by atoms with Crippen molar-refractivity contribution in [3.8, 4) is 0 Å². The smallest absolute Gasteiger partial charge is 0.252 e. The highest BCUT2D eigenvalue weighted by Crippen LogP contribution is 2.22. The van der Waals surface area contributed by atoms with Crippen LogP contribution < -0.4 is 5.32 Å². The predicted molar refractivity (Wildman–Crippen MR) is 77.7 cm³/mol. The third kappa shape index (κ3) is 3.33. The molecule has 2 atom stereocenters. The summed E-state index contributed by atoms with van der Waals surface area (Å²) in [5.41, 5.74) is 0.649. The average molecular weight is 377 g/mol. The molecule has 1 aromatic rings. The van der Waals surface area contributed by atoms with Gasteiger partial charge in [-0.1, -0.05) is 15.9 Å². The summed E-state index contributed by atoms with van der Waals surface area (Å²) in [5, 5.41) is 2.97. The Balaban J connectivity index is 1.97. The van der Waals surface area contributed by atoms with E-state index in [0.717, 1.165) is 22.0 Å². The lowest BCUT2D eigenvalue weighted by Crippen LogP contribution is -2.32. The van der Waals surface area contributed by atoms with Gasteiger partial charge in [-0.2, -0.15) is 0 Å². The third-order valence-electron chi connectivity index (χ3n) is 3.23. The molecule has 3 nitrogen and oxygen atoms in total. The van der Waals surface area contributed by atoms with Gasteiger partial charge in [0.25, 0.3) is 5.91 Å². The molecule has 0 aromatic heterocycles. The summed E-state index contributed by atoms with van der Waals surface area (Å²) in [6.07, 6.45) is 1.25. The number of carbonyl (C=O) groups is 1. The molecule has 0 aliphatic carbocycles. The fourth-order valence-corrected chi connectivity index (χ4v) is 2.82. The van der Waals surface area contributed by atoms with Gasteiger partial charge in [0, 0.05) is 28.0 Å². The Morgan fingerprint density at radius 2 is 2.28 bits per heavy atom. The van der Waals surface area contributed by atoms with Crippen molar-refractivity contribution in [2.45, 2.75) is 19.4 Å². The molecule has 18 heavy (non-hydrogen) atoms. The van der Waals surface area contributed by atoms with Crippen LogP contribution >= 0.6 is 31.9 Å². The van der Waals surface area contributed by atoms with Gasteiger partial charge in [0.2, 0.25) is 0 Å². The number of rotatable bonds is 3. The molecule has 1 amide bonds. The summed E-state index contributed by atoms with van der Waals surface area (Å²) in [7, 11) is 0. The van der Waals surface area contributed by atoms with E-state index in [1.807, 2.05) is 18.2 Å². The van der Waals surface area contributed by atoms with E-state index in [9.17, 15) is 4.79 Å². The van der Waals surface area contributed by atoms with Crippen LogP contribution in [-0.4, -0.2) is 25.2 Å². The Bertz CT molecular complexity index is 451. The van der Waals surface area contributed by atoms with E-state index < -0.39 is 0 Å². The van der Waals surface area contributed by atoms with Crippen molar-refractivity contribution in [2.24, 2.45) is 5.92 Å². The van der Waals surface area contributed by atoms with Gasteiger partial charge in [0.05, 0.1) is 11.7 Å². The molecule has 0 radical (unpaired) electrons. The molecular weight excluding hydrogens is 362 g/mol. The minimum absolute atomic E-state index is 0.0534. The number of halogens is 2. The molecule has 1 heterocycles. The summed E-state index contributed by atoms with van der Waals surface area (Å²) in [6, 6.07) is 5.57. The van der Waals surface area contributed by atoms with Gasteiger partial charge in [-0.25, -0.2) is 0 Å². The van der Waals surface area contributed by atoms with Gasteiger partial charge in [-0.15, -0.1) is 0 Å². The average Bonchev–Trinajstić information content (AvgIpc) is 2.75. The van der Waals surface area contributed by atoms with Crippen molar-refractivity contribution in [3.63, 3.8) is 0 Å². The van der Waals surface area contributed by atoms with E-state index in [4.69, 9.17) is 4.74 Å². The van der Waals surface area contributed by atoms with E-state index >= 15 is 0 Å². The maximum Gasteiger partial charge on any atom is 0.252 e. The van der Waals surface area contributed by atoms with Crippen LogP contribution in [0.4, 0.5) is 0 Å². The molecule has 1 aliphatic rings. The van der Waals surface area contributed by atoms with Gasteiger partial charge < -0.3 is 10.1 Å². The van der Waals surface area contributed by atoms with E-state index in [1.54, 1.807) is 0 Å². The topological polar surface area (TPSA) is 38.3 Å². The normalized spacial score (nSPS) is 23.1. The van der Waals surface area contributed by atoms with Crippen LogP contribution in [0.15, 0.2) is 27.1 Å². The van der Waals surface area contributed by atoms with Crippen molar-refractivity contribution in [3.05, 3.63) is 32.7 Å². The highest BCUT2D eigenvalue weighted by atomic mass is 79.9. The largest absolute Gasteiger partial charge is 0.378 e. The number of hydrogen-bond donors (Lipinski definition) is 1. The first-order valence-electron chi connectivity index (χ1n) is 5.93. The maximum atomic E-state index is 12.1. The summed E-state index contributed by atoms with van der Waals surface area (Å²) >= 11 is 6.76. The van der Waals surface area contributed by atoms with Crippen LogP contribution in [0.25, 0.3) is 0 Å². The van der Waals surface area contributed by atoms with Gasteiger partial charge in [-0.05, 0) is 47.5 Å². The van der Waals surface area contributed by atoms with Crippen molar-refractivity contribution in [1.82, 2.24) is 5.32 Å². The lowest BCUT2D eigenvalue weighted by atomic mass is 10.0. The summed E-state index contributed by atoms with van der Waals surface area (Å²) in [6.45, 7) is 3.51. The molecule has 0 bridgehead atoms. The highest BCUT2D eigenvalue weighted by molar-refractivity contribution is 9.11. The fraction of sp³-hybridized carbons (Fsp3) is 0.462. The standard InChI is InChI=1S/C13H15Br2NO2/c1-8-9(4-5-18-8)7-16-13(17)11-6-10(14)2-3-12(11)15/h2-3,6,8-9H,4-5,7H2,1H3,(H,16,17). The molecule has 0 spiro atoms. The number of nitrogens with one attached hydrogen (secondary N) is 1. The number of ether oxygens (including phenoxy) is 1. The molecule has 1 aromatic carbocycles. The van der Waals surface area contributed by atoms with Crippen LogP contribution in [0.2, 0.25) is 0 Å². The van der Waals surface area contributed by atoms with E-state index in [1.165, 1.54) is 0 Å². The molecule has 1 fully saturated rings. The minimum atomic E-state index is -0.0534. The zero-order valence-electron chi connectivity index (χ0n) is 10.1. The van der Waals surface area contributed by atoms with Crippen molar-refractivity contribution < 1.29 is 9.53 Å². The van der Waals surface area contributed by atoms with Crippen LogP contribution in [0.3, 0.4) is 0 Å². The lowest BCUT2D eigenvalue weighted by Gasteiger charge is -2.15. The minimum Gasteiger partial charge on any atom is -0.378 e. The second kappa shape index (κ2) is 6.17. The van der Waals surface area contributed by atoms with Crippen molar-refractivity contribution in [1.29, 1.82) is 0 Å². The third-order valence-corrected chi connectivity index (χ3v) is 4.42. The van der Waals surface area contributed by atoms with E-state index in [0.29, 0.717) is 18.0 Å². The quantitative estimate of drug-likeness (QED) is 0.878. The molecule has 2 unspecified atom stereocenters. The first kappa shape index (κ1) is 14.0. The molecule has 2 rings (SSSR count). The predicted octanol–water partition coefficient (Wildman–Crippen LogP) is 3.37. The van der Waals surface area contributed by atoms with Gasteiger partial charge in [0.1, 0.15) is 0 Å². The first-order valence-corrected chi connectivity index (χ1v) is 7.51. The first-order chi connectivity index (χ1) is 8.58. The number of carbonyl (C=O) groups excluding carboxylic acids is 1. The van der Waals surface area contributed by atoms with Crippen LogP contribution in [0.1, 0.15) is 23.7 Å². The summed E-state index contributed by atoms with van der Waals surface area (Å²) in [5.74, 6) is 0.363. The summed E-state index contributed by atoms with van der Waals surface area (Å²) < 4.78 is 7.18. The Kier molecular flexibility index (Phi) is 4.81. The molecule has 98 valence electrons. The Labute approximate surface area is 124 Å². The molecule has 1 saturated heterocycles. The van der Waals surface area contributed by atoms with Crippen molar-refractivity contribution in [2.75, 3.05) is 13.2 Å². The van der Waals surface area contributed by atoms with E-state index in [-0.39, 0.29) is 12.0 Å². The van der Waals surface area contributed by atoms with E-state index in [2.05, 4.69) is 44.1 Å². The Hall–Kier alpha value is -0.390. The Morgan fingerprint density at radius 1 is 1.50 bits per heavy atom. The molecule has 5 heteroatoms. The van der Waals surface area contributed by atoms with Gasteiger partial charge in [-0.3, -0.25) is 4.79 Å². The second-order valence-electron chi connectivity index (χ2n) is 4.46. The van der Waals surface area contributed by atoms with Crippen molar-refractivity contribution >= 4 is 37.8 Å². The fourth-order valence-electron chi connectivity index (χ4n) is 2.03. The SMILES string of the molecule is CC1OCCC1CNC(=O)c1cc(Br)ccc1Br. The van der Waals surface area contributed by atoms with Crippen LogP contribution in [0, 0.1) is 5.92 Å². The molecule has 1 N–H and O–H groups in total. The Morgan fingerprint density at radius 3 is 2.94 bits per heavy atom. The molecule has 0 saturated carbocycles. The zero-order valence-corrected chi connectivity index (χ0v) is 13.3. The number of amides is 1. The molecule has 1 aliphatic heterocycles. The van der Waals surface area contributed by atoms with Gasteiger partial charge >= 0.3 is 0 Å². The van der Waals surface area contributed by atoms with Crippen LogP contribution in [-0.2, 0) is 4.74 Å².